The standard InChI is InChI=1S/C18H20BrN3O3/c1-12-9-15(19)7-8-17(12)20-18(23)11-21(3)13(2)14-5-4-6-16(10-14)22(24)25/h4-10,13H,11H2,1-3H3,(H,20,23)/t13-/m0/s1. The summed E-state index contributed by atoms with van der Waals surface area (Å²) in [5.74, 6) is -0.134. The number of halogens is 1. The van der Waals surface area contributed by atoms with Gasteiger partial charge in [0.25, 0.3) is 5.69 Å². The van der Waals surface area contributed by atoms with Crippen LogP contribution in [0.3, 0.4) is 0 Å². The lowest BCUT2D eigenvalue weighted by molar-refractivity contribution is -0.384. The Morgan fingerprint density at radius 2 is 2.04 bits per heavy atom. The first-order valence-corrected chi connectivity index (χ1v) is 8.58. The van der Waals surface area contributed by atoms with E-state index in [0.29, 0.717) is 0 Å². The first-order chi connectivity index (χ1) is 11.8. The van der Waals surface area contributed by atoms with Crippen molar-refractivity contribution < 1.29 is 9.72 Å². The van der Waals surface area contributed by atoms with Crippen LogP contribution in [0.25, 0.3) is 0 Å². The number of rotatable bonds is 6. The molecule has 0 aliphatic heterocycles. The summed E-state index contributed by atoms with van der Waals surface area (Å²) in [5.41, 5.74) is 2.58. The van der Waals surface area contributed by atoms with Crippen LogP contribution in [0.4, 0.5) is 11.4 Å². The molecule has 6 nitrogen and oxygen atoms in total. The van der Waals surface area contributed by atoms with E-state index < -0.39 is 4.92 Å². The van der Waals surface area contributed by atoms with Crippen LogP contribution < -0.4 is 5.32 Å². The van der Waals surface area contributed by atoms with Crippen LogP contribution in [0.15, 0.2) is 46.9 Å². The van der Waals surface area contributed by atoms with Gasteiger partial charge in [0.2, 0.25) is 5.91 Å². The Kier molecular flexibility index (Phi) is 6.27. The van der Waals surface area contributed by atoms with Crippen LogP contribution >= 0.6 is 15.9 Å². The third-order valence-electron chi connectivity index (χ3n) is 4.08. The number of amides is 1. The Hall–Kier alpha value is -2.25. The number of carbonyl (C=O) groups excluding carboxylic acids is 1. The highest BCUT2D eigenvalue weighted by Gasteiger charge is 2.17. The maximum Gasteiger partial charge on any atom is 0.269 e. The normalized spacial score (nSPS) is 12.0. The molecule has 2 aromatic rings. The summed E-state index contributed by atoms with van der Waals surface area (Å²) in [6.45, 7) is 4.02. The van der Waals surface area contributed by atoms with Gasteiger partial charge in [-0.15, -0.1) is 0 Å². The number of nitrogens with zero attached hydrogens (tertiary/aromatic N) is 2. The number of hydrogen-bond donors (Lipinski definition) is 1. The number of anilines is 1. The molecule has 1 atom stereocenters. The molecule has 2 aromatic carbocycles. The van der Waals surface area contributed by atoms with Gasteiger partial charge in [-0.3, -0.25) is 19.8 Å². The maximum absolute atomic E-state index is 12.3. The predicted molar refractivity (Wildman–Crippen MR) is 102 cm³/mol. The number of nitro benzene ring substituents is 1. The van der Waals surface area contributed by atoms with Crippen LogP contribution in [0, 0.1) is 17.0 Å². The van der Waals surface area contributed by atoms with Gasteiger partial charge in [0.1, 0.15) is 0 Å². The molecule has 0 unspecified atom stereocenters. The summed E-state index contributed by atoms with van der Waals surface area (Å²) < 4.78 is 0.958. The minimum atomic E-state index is -0.417. The highest BCUT2D eigenvalue weighted by atomic mass is 79.9. The Balaban J connectivity index is 2.02. The lowest BCUT2D eigenvalue weighted by Gasteiger charge is -2.24. The molecule has 0 bridgehead atoms. The van der Waals surface area contributed by atoms with Crippen molar-refractivity contribution in [2.24, 2.45) is 0 Å². The Labute approximate surface area is 155 Å². The molecule has 0 saturated carbocycles. The second-order valence-corrected chi connectivity index (χ2v) is 6.87. The molecule has 0 aromatic heterocycles. The molecule has 0 spiro atoms. The molecule has 1 amide bonds. The summed E-state index contributed by atoms with van der Waals surface area (Å²) >= 11 is 3.39. The molecule has 25 heavy (non-hydrogen) atoms. The number of likely N-dealkylation sites (N-methyl/N-ethyl adjacent to an activating group) is 1. The summed E-state index contributed by atoms with van der Waals surface area (Å²) in [6, 6.07) is 12.0. The van der Waals surface area contributed by atoms with E-state index in [-0.39, 0.29) is 24.2 Å². The average Bonchev–Trinajstić information content (AvgIpc) is 2.56. The minimum absolute atomic E-state index is 0.0488. The lowest BCUT2D eigenvalue weighted by atomic mass is 10.1. The van der Waals surface area contributed by atoms with E-state index in [1.54, 1.807) is 6.07 Å². The first kappa shape index (κ1) is 19.1. The molecule has 0 radical (unpaired) electrons. The van der Waals surface area contributed by atoms with Gasteiger partial charge in [-0.1, -0.05) is 28.1 Å². The van der Waals surface area contributed by atoms with Gasteiger partial charge < -0.3 is 5.32 Å². The number of carbonyl (C=O) groups is 1. The smallest absolute Gasteiger partial charge is 0.269 e. The molecule has 132 valence electrons. The molecule has 0 aliphatic rings. The largest absolute Gasteiger partial charge is 0.325 e. The third-order valence-corrected chi connectivity index (χ3v) is 4.57. The molecule has 0 heterocycles. The summed E-state index contributed by atoms with van der Waals surface area (Å²) in [6.07, 6.45) is 0. The van der Waals surface area contributed by atoms with Crippen LogP contribution in [-0.2, 0) is 4.79 Å². The molecular weight excluding hydrogens is 386 g/mol. The van der Waals surface area contributed by atoms with Gasteiger partial charge in [-0.25, -0.2) is 0 Å². The first-order valence-electron chi connectivity index (χ1n) is 7.78. The summed E-state index contributed by atoms with van der Waals surface area (Å²) in [4.78, 5) is 24.6. The second-order valence-electron chi connectivity index (χ2n) is 5.95. The van der Waals surface area contributed by atoms with Gasteiger partial charge >= 0.3 is 0 Å². The number of hydrogen-bond acceptors (Lipinski definition) is 4. The Morgan fingerprint density at radius 1 is 1.32 bits per heavy atom. The van der Waals surface area contributed by atoms with Crippen molar-refractivity contribution in [3.63, 3.8) is 0 Å². The maximum atomic E-state index is 12.3. The minimum Gasteiger partial charge on any atom is -0.325 e. The highest BCUT2D eigenvalue weighted by molar-refractivity contribution is 9.10. The van der Waals surface area contributed by atoms with Crippen LogP contribution in [0.1, 0.15) is 24.1 Å². The van der Waals surface area contributed by atoms with E-state index in [4.69, 9.17) is 0 Å². The van der Waals surface area contributed by atoms with E-state index in [1.807, 2.05) is 50.1 Å². The number of non-ortho nitro benzene ring substituents is 1. The van der Waals surface area contributed by atoms with Crippen molar-refractivity contribution in [2.75, 3.05) is 18.9 Å². The van der Waals surface area contributed by atoms with Gasteiger partial charge in [-0.05, 0) is 50.2 Å². The predicted octanol–water partition coefficient (Wildman–Crippen LogP) is 4.30. The quantitative estimate of drug-likeness (QED) is 0.574. The lowest BCUT2D eigenvalue weighted by Crippen LogP contribution is -2.32. The fourth-order valence-corrected chi connectivity index (χ4v) is 2.95. The monoisotopic (exact) mass is 405 g/mol. The summed E-state index contributed by atoms with van der Waals surface area (Å²) in [5, 5.41) is 13.8. The van der Waals surface area contributed by atoms with Gasteiger partial charge in [0.05, 0.1) is 11.5 Å². The van der Waals surface area contributed by atoms with Crippen molar-refractivity contribution in [1.82, 2.24) is 4.90 Å². The molecule has 1 N–H and O–H groups in total. The van der Waals surface area contributed by atoms with E-state index >= 15 is 0 Å². The summed E-state index contributed by atoms with van der Waals surface area (Å²) in [7, 11) is 1.82. The molecule has 0 fully saturated rings. The zero-order chi connectivity index (χ0) is 18.6. The molecule has 7 heteroatoms. The zero-order valence-electron chi connectivity index (χ0n) is 14.3. The molecular formula is C18H20BrN3O3. The molecule has 0 saturated heterocycles. The number of nitrogens with one attached hydrogen (secondary N) is 1. The van der Waals surface area contributed by atoms with Gasteiger partial charge in [0.15, 0.2) is 0 Å². The van der Waals surface area contributed by atoms with Gasteiger partial charge in [-0.2, -0.15) is 0 Å². The van der Waals surface area contributed by atoms with E-state index in [1.165, 1.54) is 12.1 Å². The van der Waals surface area contributed by atoms with Crippen LogP contribution in [0.2, 0.25) is 0 Å². The zero-order valence-corrected chi connectivity index (χ0v) is 15.9. The molecule has 2 rings (SSSR count). The fourth-order valence-electron chi connectivity index (χ4n) is 2.47. The van der Waals surface area contributed by atoms with E-state index in [9.17, 15) is 14.9 Å². The van der Waals surface area contributed by atoms with Gasteiger partial charge in [0, 0.05) is 28.3 Å². The Morgan fingerprint density at radius 3 is 2.68 bits per heavy atom. The third kappa shape index (κ3) is 5.11. The highest BCUT2D eigenvalue weighted by Crippen LogP contribution is 2.23. The average molecular weight is 406 g/mol. The molecule has 0 aliphatic carbocycles. The topological polar surface area (TPSA) is 75.5 Å². The van der Waals surface area contributed by atoms with Crippen molar-refractivity contribution in [1.29, 1.82) is 0 Å². The number of aryl methyl sites for hydroxylation is 1. The fraction of sp³-hybridized carbons (Fsp3) is 0.278. The van der Waals surface area contributed by atoms with Crippen molar-refractivity contribution >= 4 is 33.2 Å². The Bertz CT molecular complexity index is 795. The van der Waals surface area contributed by atoms with E-state index in [2.05, 4.69) is 21.2 Å². The van der Waals surface area contributed by atoms with Crippen molar-refractivity contribution in [3.8, 4) is 0 Å². The van der Waals surface area contributed by atoms with Crippen LogP contribution in [0.5, 0.6) is 0 Å². The SMILES string of the molecule is Cc1cc(Br)ccc1NC(=O)CN(C)[C@@H](C)c1cccc([N+](=O)[O-])c1. The van der Waals surface area contributed by atoms with Crippen molar-refractivity contribution in [3.05, 3.63) is 68.2 Å². The van der Waals surface area contributed by atoms with Crippen molar-refractivity contribution in [2.45, 2.75) is 19.9 Å². The second kappa shape index (κ2) is 8.22. The van der Waals surface area contributed by atoms with Crippen LogP contribution in [-0.4, -0.2) is 29.3 Å². The van der Waals surface area contributed by atoms with E-state index in [0.717, 1.165) is 21.3 Å². The number of benzene rings is 2. The number of nitro groups is 1.